The van der Waals surface area contributed by atoms with E-state index in [-0.39, 0.29) is 0 Å². The molecule has 0 aliphatic carbocycles. The number of carbonyl (C=O) groups is 1. The molecule has 0 atom stereocenters. The Hall–Kier alpha value is -2.03. The lowest BCUT2D eigenvalue weighted by Crippen LogP contribution is -1.96. The minimum atomic E-state index is -0.919. The van der Waals surface area contributed by atoms with Gasteiger partial charge in [0.25, 0.3) is 0 Å². The highest BCUT2D eigenvalue weighted by molar-refractivity contribution is 5.91. The fraction of sp³-hybridized carbons (Fsp3) is 0.154. The SMILES string of the molecule is C=CCOc1cccc(C=C(C)C(=O)O)c1. The molecule has 1 aromatic rings. The molecule has 1 aromatic carbocycles. The fourth-order valence-electron chi connectivity index (χ4n) is 1.16. The van der Waals surface area contributed by atoms with Gasteiger partial charge in [-0.1, -0.05) is 24.8 Å². The number of hydrogen-bond donors (Lipinski definition) is 1. The third kappa shape index (κ3) is 3.61. The van der Waals surface area contributed by atoms with Crippen LogP contribution in [0.5, 0.6) is 5.75 Å². The van der Waals surface area contributed by atoms with Crippen LogP contribution in [0.1, 0.15) is 12.5 Å². The smallest absolute Gasteiger partial charge is 0.331 e. The Morgan fingerprint density at radius 2 is 2.31 bits per heavy atom. The standard InChI is InChI=1S/C13H14O3/c1-3-7-16-12-6-4-5-11(9-12)8-10(2)13(14)15/h3-6,8-9H,1,7H2,2H3,(H,14,15). The van der Waals surface area contributed by atoms with Gasteiger partial charge in [-0.25, -0.2) is 4.79 Å². The van der Waals surface area contributed by atoms with E-state index in [1.165, 1.54) is 0 Å². The quantitative estimate of drug-likeness (QED) is 0.610. The zero-order valence-corrected chi connectivity index (χ0v) is 9.14. The van der Waals surface area contributed by atoms with Crippen LogP contribution < -0.4 is 4.74 Å². The molecule has 84 valence electrons. The van der Waals surface area contributed by atoms with Crippen molar-refractivity contribution in [3.05, 3.63) is 48.1 Å². The molecular weight excluding hydrogens is 204 g/mol. The number of benzene rings is 1. The second-order valence-corrected chi connectivity index (χ2v) is 3.30. The molecule has 0 aliphatic heterocycles. The van der Waals surface area contributed by atoms with Crippen LogP contribution in [-0.4, -0.2) is 17.7 Å². The van der Waals surface area contributed by atoms with Crippen molar-refractivity contribution in [3.8, 4) is 5.75 Å². The molecule has 1 rings (SSSR count). The van der Waals surface area contributed by atoms with E-state index in [2.05, 4.69) is 6.58 Å². The monoisotopic (exact) mass is 218 g/mol. The number of aliphatic carboxylic acids is 1. The molecule has 0 heterocycles. The predicted molar refractivity (Wildman–Crippen MR) is 63.4 cm³/mol. The number of carboxylic acid groups (broad SMARTS) is 1. The van der Waals surface area contributed by atoms with E-state index >= 15 is 0 Å². The van der Waals surface area contributed by atoms with Gasteiger partial charge >= 0.3 is 5.97 Å². The number of rotatable bonds is 5. The van der Waals surface area contributed by atoms with Crippen LogP contribution >= 0.6 is 0 Å². The van der Waals surface area contributed by atoms with Gasteiger partial charge < -0.3 is 9.84 Å². The molecule has 0 saturated heterocycles. The van der Waals surface area contributed by atoms with E-state index in [4.69, 9.17) is 9.84 Å². The average molecular weight is 218 g/mol. The lowest BCUT2D eigenvalue weighted by atomic mass is 10.1. The zero-order valence-electron chi connectivity index (χ0n) is 9.14. The molecule has 0 unspecified atom stereocenters. The van der Waals surface area contributed by atoms with Crippen molar-refractivity contribution >= 4 is 12.0 Å². The first-order valence-corrected chi connectivity index (χ1v) is 4.89. The Bertz CT molecular complexity index is 419. The van der Waals surface area contributed by atoms with Crippen LogP contribution in [0.4, 0.5) is 0 Å². The molecule has 0 aliphatic rings. The van der Waals surface area contributed by atoms with Crippen LogP contribution in [0.15, 0.2) is 42.5 Å². The average Bonchev–Trinajstić information content (AvgIpc) is 2.26. The highest BCUT2D eigenvalue weighted by atomic mass is 16.5. The summed E-state index contributed by atoms with van der Waals surface area (Å²) in [5.41, 5.74) is 1.10. The number of ether oxygens (including phenoxy) is 1. The highest BCUT2D eigenvalue weighted by Crippen LogP contribution is 2.15. The van der Waals surface area contributed by atoms with Crippen molar-refractivity contribution < 1.29 is 14.6 Å². The van der Waals surface area contributed by atoms with Crippen molar-refractivity contribution in [2.24, 2.45) is 0 Å². The summed E-state index contributed by atoms with van der Waals surface area (Å²) in [5, 5.41) is 8.74. The van der Waals surface area contributed by atoms with Gasteiger partial charge in [-0.2, -0.15) is 0 Å². The van der Waals surface area contributed by atoms with Gasteiger partial charge in [0.1, 0.15) is 12.4 Å². The van der Waals surface area contributed by atoms with Gasteiger partial charge in [-0.15, -0.1) is 0 Å². The minimum Gasteiger partial charge on any atom is -0.490 e. The Morgan fingerprint density at radius 1 is 1.56 bits per heavy atom. The molecule has 1 N–H and O–H groups in total. The van der Waals surface area contributed by atoms with Crippen LogP contribution in [0.3, 0.4) is 0 Å². The second-order valence-electron chi connectivity index (χ2n) is 3.30. The Balaban J connectivity index is 2.85. The van der Waals surface area contributed by atoms with E-state index in [1.54, 1.807) is 25.1 Å². The maximum atomic E-state index is 10.6. The van der Waals surface area contributed by atoms with Crippen molar-refractivity contribution in [2.75, 3.05) is 6.61 Å². The molecule has 16 heavy (non-hydrogen) atoms. The largest absolute Gasteiger partial charge is 0.490 e. The van der Waals surface area contributed by atoms with Crippen LogP contribution in [0, 0.1) is 0 Å². The zero-order chi connectivity index (χ0) is 12.0. The van der Waals surface area contributed by atoms with E-state index in [9.17, 15) is 4.79 Å². The van der Waals surface area contributed by atoms with Crippen LogP contribution in [0.2, 0.25) is 0 Å². The maximum absolute atomic E-state index is 10.6. The van der Waals surface area contributed by atoms with Crippen molar-refractivity contribution in [2.45, 2.75) is 6.92 Å². The van der Waals surface area contributed by atoms with Gasteiger partial charge in [0.15, 0.2) is 0 Å². The summed E-state index contributed by atoms with van der Waals surface area (Å²) in [4.78, 5) is 10.6. The summed E-state index contributed by atoms with van der Waals surface area (Å²) in [5.74, 6) is -0.218. The molecule has 0 fully saturated rings. The summed E-state index contributed by atoms with van der Waals surface area (Å²) >= 11 is 0. The summed E-state index contributed by atoms with van der Waals surface area (Å²) in [6.07, 6.45) is 3.26. The van der Waals surface area contributed by atoms with Crippen molar-refractivity contribution in [3.63, 3.8) is 0 Å². The van der Waals surface area contributed by atoms with E-state index in [0.29, 0.717) is 17.9 Å². The second kappa shape index (κ2) is 5.75. The normalized spacial score (nSPS) is 10.9. The Kier molecular flexibility index (Phi) is 4.33. The first kappa shape index (κ1) is 12.0. The maximum Gasteiger partial charge on any atom is 0.331 e. The Labute approximate surface area is 94.7 Å². The van der Waals surface area contributed by atoms with Crippen LogP contribution in [-0.2, 0) is 4.79 Å². The highest BCUT2D eigenvalue weighted by Gasteiger charge is 2.00. The molecular formula is C13H14O3. The van der Waals surface area contributed by atoms with Gasteiger partial charge in [0.2, 0.25) is 0 Å². The molecule has 0 spiro atoms. The lowest BCUT2D eigenvalue weighted by Gasteiger charge is -2.03. The third-order valence-corrected chi connectivity index (χ3v) is 1.95. The topological polar surface area (TPSA) is 46.5 Å². The van der Waals surface area contributed by atoms with E-state index < -0.39 is 5.97 Å². The van der Waals surface area contributed by atoms with Gasteiger partial charge in [0, 0.05) is 5.57 Å². The molecule has 3 heteroatoms. The third-order valence-electron chi connectivity index (χ3n) is 1.95. The molecule has 0 saturated carbocycles. The molecule has 0 aromatic heterocycles. The minimum absolute atomic E-state index is 0.292. The molecule has 0 amide bonds. The fourth-order valence-corrected chi connectivity index (χ4v) is 1.16. The lowest BCUT2D eigenvalue weighted by molar-refractivity contribution is -0.132. The predicted octanol–water partition coefficient (Wildman–Crippen LogP) is 2.74. The summed E-state index contributed by atoms with van der Waals surface area (Å²) < 4.78 is 5.34. The number of carboxylic acids is 1. The first-order chi connectivity index (χ1) is 7.63. The molecule has 3 nitrogen and oxygen atoms in total. The van der Waals surface area contributed by atoms with E-state index in [1.807, 2.05) is 18.2 Å². The van der Waals surface area contributed by atoms with Crippen LogP contribution in [0.25, 0.3) is 6.08 Å². The summed E-state index contributed by atoms with van der Waals surface area (Å²) in [6, 6.07) is 7.25. The number of hydrogen-bond acceptors (Lipinski definition) is 2. The van der Waals surface area contributed by atoms with Crippen molar-refractivity contribution in [1.82, 2.24) is 0 Å². The van der Waals surface area contributed by atoms with E-state index in [0.717, 1.165) is 5.56 Å². The van der Waals surface area contributed by atoms with Crippen molar-refractivity contribution in [1.29, 1.82) is 0 Å². The summed E-state index contributed by atoms with van der Waals surface area (Å²) in [7, 11) is 0. The van der Waals surface area contributed by atoms with Gasteiger partial charge in [-0.3, -0.25) is 0 Å². The Morgan fingerprint density at radius 3 is 2.94 bits per heavy atom. The first-order valence-electron chi connectivity index (χ1n) is 4.89. The molecule has 0 radical (unpaired) electrons. The van der Waals surface area contributed by atoms with Gasteiger partial charge in [-0.05, 0) is 30.7 Å². The molecule has 0 bridgehead atoms. The summed E-state index contributed by atoms with van der Waals surface area (Å²) in [6.45, 7) is 5.55. The van der Waals surface area contributed by atoms with Gasteiger partial charge in [0.05, 0.1) is 0 Å².